The third-order valence-corrected chi connectivity index (χ3v) is 6.39. The van der Waals surface area contributed by atoms with Gasteiger partial charge >= 0.3 is 11.9 Å². The maximum Gasteiger partial charge on any atom is 0.341 e. The Hall–Kier alpha value is -2.15. The Balaban J connectivity index is 1.85. The quantitative estimate of drug-likeness (QED) is 0.586. The van der Waals surface area contributed by atoms with Crippen molar-refractivity contribution in [2.75, 3.05) is 11.9 Å². The molecule has 1 amide bonds. The lowest BCUT2D eigenvalue weighted by Crippen LogP contribution is -2.47. The van der Waals surface area contributed by atoms with E-state index in [1.807, 2.05) is 19.1 Å². The third-order valence-electron chi connectivity index (χ3n) is 5.20. The van der Waals surface area contributed by atoms with Gasteiger partial charge in [0, 0.05) is 4.88 Å². The normalized spacial score (nSPS) is 26.5. The zero-order valence-corrected chi connectivity index (χ0v) is 15.7. The van der Waals surface area contributed by atoms with Crippen molar-refractivity contribution >= 4 is 34.2 Å². The van der Waals surface area contributed by atoms with E-state index < -0.39 is 23.8 Å². The molecular formula is C19H23NO5S. The van der Waals surface area contributed by atoms with Crippen LogP contribution in [0.3, 0.4) is 0 Å². The minimum atomic E-state index is -0.935. The van der Waals surface area contributed by atoms with Crippen molar-refractivity contribution in [2.45, 2.75) is 33.1 Å². The highest BCUT2D eigenvalue weighted by atomic mass is 32.1. The topological polar surface area (TPSA) is 92.7 Å². The first-order valence-electron chi connectivity index (χ1n) is 8.98. The molecule has 140 valence electrons. The summed E-state index contributed by atoms with van der Waals surface area (Å²) in [5.41, 5.74) is 0.338. The number of allylic oxidation sites excluding steroid dienone is 2. The Morgan fingerprint density at radius 2 is 1.85 bits per heavy atom. The second-order valence-corrected chi connectivity index (χ2v) is 7.84. The van der Waals surface area contributed by atoms with E-state index in [0.717, 1.165) is 24.1 Å². The second kappa shape index (κ2) is 7.61. The van der Waals surface area contributed by atoms with Crippen LogP contribution >= 0.6 is 11.3 Å². The molecule has 4 unspecified atom stereocenters. The lowest BCUT2D eigenvalue weighted by Gasteiger charge is -2.41. The molecule has 1 aromatic rings. The van der Waals surface area contributed by atoms with Crippen molar-refractivity contribution in [2.24, 2.45) is 23.7 Å². The number of anilines is 1. The molecule has 0 aliphatic heterocycles. The lowest BCUT2D eigenvalue weighted by molar-refractivity contribution is -0.151. The van der Waals surface area contributed by atoms with Gasteiger partial charge in [-0.3, -0.25) is 9.59 Å². The van der Waals surface area contributed by atoms with Gasteiger partial charge in [-0.2, -0.15) is 0 Å². The monoisotopic (exact) mass is 377 g/mol. The number of carboxylic acids is 1. The fraction of sp³-hybridized carbons (Fsp3) is 0.526. The molecule has 3 aliphatic rings. The number of carbonyl (C=O) groups is 3. The minimum Gasteiger partial charge on any atom is -0.481 e. The largest absolute Gasteiger partial charge is 0.481 e. The Bertz CT molecular complexity index is 753. The SMILES string of the molecule is CCOC(=O)c1cc(CC)sc1NC(=O)C1C2C=CC(CC2)C1C(=O)O. The Morgan fingerprint density at radius 3 is 2.38 bits per heavy atom. The van der Waals surface area contributed by atoms with Gasteiger partial charge in [0.25, 0.3) is 0 Å². The van der Waals surface area contributed by atoms with E-state index in [0.29, 0.717) is 10.6 Å². The standard InChI is InChI=1S/C19H23NO5S/c1-3-12-9-13(19(24)25-4-2)17(26-12)20-16(21)14-10-5-7-11(8-6-10)15(14)18(22)23/h5,7,9-11,14-15H,3-4,6,8H2,1-2H3,(H,20,21)(H,22,23). The first-order chi connectivity index (χ1) is 12.5. The molecule has 4 atom stereocenters. The Kier molecular flexibility index (Phi) is 5.46. The van der Waals surface area contributed by atoms with Crippen LogP contribution in [-0.2, 0) is 20.7 Å². The second-order valence-electron chi connectivity index (χ2n) is 6.70. The maximum absolute atomic E-state index is 12.9. The molecule has 0 radical (unpaired) electrons. The minimum absolute atomic E-state index is 0.0715. The molecule has 2 N–H and O–H groups in total. The van der Waals surface area contributed by atoms with Crippen LogP contribution < -0.4 is 5.32 Å². The molecule has 0 saturated heterocycles. The molecule has 1 saturated carbocycles. The van der Waals surface area contributed by atoms with Gasteiger partial charge in [-0.1, -0.05) is 19.1 Å². The third kappa shape index (κ3) is 3.40. The van der Waals surface area contributed by atoms with E-state index in [-0.39, 0.29) is 24.3 Å². The molecule has 1 heterocycles. The summed E-state index contributed by atoms with van der Waals surface area (Å²) in [5, 5.41) is 12.9. The van der Waals surface area contributed by atoms with Crippen LogP contribution in [0.4, 0.5) is 5.00 Å². The molecule has 26 heavy (non-hydrogen) atoms. The van der Waals surface area contributed by atoms with Gasteiger partial charge < -0.3 is 15.2 Å². The number of carboxylic acid groups (broad SMARTS) is 1. The van der Waals surface area contributed by atoms with Crippen LogP contribution in [0, 0.1) is 23.7 Å². The summed E-state index contributed by atoms with van der Waals surface area (Å²) in [5.74, 6) is -3.24. The van der Waals surface area contributed by atoms with Gasteiger partial charge in [0.1, 0.15) is 5.00 Å². The smallest absolute Gasteiger partial charge is 0.341 e. The van der Waals surface area contributed by atoms with E-state index in [1.54, 1.807) is 13.0 Å². The predicted molar refractivity (Wildman–Crippen MR) is 98.3 cm³/mol. The predicted octanol–water partition coefficient (Wildman–Crippen LogP) is 3.34. The molecule has 6 nitrogen and oxygen atoms in total. The highest BCUT2D eigenvalue weighted by Gasteiger charge is 2.48. The highest BCUT2D eigenvalue weighted by Crippen LogP contribution is 2.45. The number of amides is 1. The number of hydrogen-bond acceptors (Lipinski definition) is 5. The summed E-state index contributed by atoms with van der Waals surface area (Å²) in [6.07, 6.45) is 6.26. The molecule has 0 spiro atoms. The Labute approximate surface area is 156 Å². The van der Waals surface area contributed by atoms with Crippen molar-refractivity contribution in [3.05, 3.63) is 28.7 Å². The van der Waals surface area contributed by atoms with E-state index >= 15 is 0 Å². The van der Waals surface area contributed by atoms with E-state index in [1.165, 1.54) is 11.3 Å². The number of carbonyl (C=O) groups excluding carboxylic acids is 2. The molecular weight excluding hydrogens is 354 g/mol. The number of thiophene rings is 1. The number of nitrogens with one attached hydrogen (secondary N) is 1. The molecule has 3 aliphatic carbocycles. The van der Waals surface area contributed by atoms with Gasteiger partial charge in [0.2, 0.25) is 5.91 Å². The molecule has 2 bridgehead atoms. The van der Waals surface area contributed by atoms with Gasteiger partial charge in [0.05, 0.1) is 24.0 Å². The van der Waals surface area contributed by atoms with Crippen LogP contribution in [0.15, 0.2) is 18.2 Å². The molecule has 0 aromatic carbocycles. The number of ether oxygens (including phenoxy) is 1. The number of aliphatic carboxylic acids is 1. The summed E-state index contributed by atoms with van der Waals surface area (Å²) >= 11 is 1.34. The van der Waals surface area contributed by atoms with Crippen LogP contribution in [0.1, 0.15) is 41.9 Å². The van der Waals surface area contributed by atoms with Crippen molar-refractivity contribution in [3.63, 3.8) is 0 Å². The summed E-state index contributed by atoms with van der Waals surface area (Å²) in [7, 11) is 0. The van der Waals surface area contributed by atoms with Crippen molar-refractivity contribution in [3.8, 4) is 0 Å². The van der Waals surface area contributed by atoms with Gasteiger partial charge in [-0.25, -0.2) is 4.79 Å². The van der Waals surface area contributed by atoms with Crippen LogP contribution in [0.5, 0.6) is 0 Å². The first-order valence-corrected chi connectivity index (χ1v) is 9.79. The summed E-state index contributed by atoms with van der Waals surface area (Å²) in [6, 6.07) is 1.74. The Morgan fingerprint density at radius 1 is 1.19 bits per heavy atom. The van der Waals surface area contributed by atoms with E-state index in [9.17, 15) is 19.5 Å². The molecule has 7 heteroatoms. The average molecular weight is 377 g/mol. The number of rotatable bonds is 6. The summed E-state index contributed by atoms with van der Waals surface area (Å²) < 4.78 is 5.07. The number of fused-ring (bicyclic) bond motifs is 2. The molecule has 1 aromatic heterocycles. The van der Waals surface area contributed by atoms with Crippen molar-refractivity contribution in [1.82, 2.24) is 0 Å². The molecule has 1 fully saturated rings. The van der Waals surface area contributed by atoms with Gasteiger partial charge in [-0.05, 0) is 44.1 Å². The molecule has 4 rings (SSSR count). The number of aryl methyl sites for hydroxylation is 1. The average Bonchev–Trinajstić information content (AvgIpc) is 3.05. The van der Waals surface area contributed by atoms with E-state index in [2.05, 4.69) is 5.32 Å². The zero-order chi connectivity index (χ0) is 18.8. The van der Waals surface area contributed by atoms with Crippen LogP contribution in [0.25, 0.3) is 0 Å². The van der Waals surface area contributed by atoms with E-state index in [4.69, 9.17) is 4.74 Å². The maximum atomic E-state index is 12.9. The fourth-order valence-corrected chi connectivity index (χ4v) is 4.94. The lowest BCUT2D eigenvalue weighted by atomic mass is 9.62. The fourth-order valence-electron chi connectivity index (χ4n) is 3.95. The van der Waals surface area contributed by atoms with Crippen LogP contribution in [0.2, 0.25) is 0 Å². The highest BCUT2D eigenvalue weighted by molar-refractivity contribution is 7.16. The van der Waals surface area contributed by atoms with Gasteiger partial charge in [0.15, 0.2) is 0 Å². The van der Waals surface area contributed by atoms with Crippen molar-refractivity contribution < 1.29 is 24.2 Å². The first kappa shape index (κ1) is 18.6. The summed E-state index contributed by atoms with van der Waals surface area (Å²) in [4.78, 5) is 37.8. The number of esters is 1. The summed E-state index contributed by atoms with van der Waals surface area (Å²) in [6.45, 7) is 3.95. The van der Waals surface area contributed by atoms with Crippen LogP contribution in [-0.4, -0.2) is 29.6 Å². The van der Waals surface area contributed by atoms with Gasteiger partial charge in [-0.15, -0.1) is 11.3 Å². The number of hydrogen-bond donors (Lipinski definition) is 2. The zero-order valence-electron chi connectivity index (χ0n) is 14.9. The van der Waals surface area contributed by atoms with Crippen molar-refractivity contribution in [1.29, 1.82) is 0 Å².